The summed E-state index contributed by atoms with van der Waals surface area (Å²) in [4.78, 5) is 14.4. The molecule has 138 valence electrons. The number of carbonyl (C=O) groups excluding carboxylic acids is 1. The number of nitrogens with one attached hydrogen (secondary N) is 2. The Morgan fingerprint density at radius 2 is 2.00 bits per heavy atom. The number of hydrogen-bond donors (Lipinski definition) is 2. The molecule has 1 aliphatic rings. The molecule has 27 heavy (non-hydrogen) atoms. The van der Waals surface area contributed by atoms with Crippen molar-refractivity contribution in [3.05, 3.63) is 62.5 Å². The number of tetrazole rings is 1. The van der Waals surface area contributed by atoms with Crippen molar-refractivity contribution in [2.24, 2.45) is 0 Å². The fraction of sp³-hybridized carbons (Fsp3) is 0.263. The summed E-state index contributed by atoms with van der Waals surface area (Å²) in [5, 5.41) is 20.2. The number of fused-ring (bicyclic) bond motifs is 1. The van der Waals surface area contributed by atoms with Crippen LogP contribution in [0.2, 0.25) is 0 Å². The number of rotatable bonds is 3. The lowest BCUT2D eigenvalue weighted by atomic mass is 9.98. The fourth-order valence-corrected chi connectivity index (χ4v) is 4.31. The number of amides is 1. The lowest BCUT2D eigenvalue weighted by Crippen LogP contribution is -2.31. The molecule has 4 rings (SSSR count). The Morgan fingerprint density at radius 3 is 2.74 bits per heavy atom. The van der Waals surface area contributed by atoms with E-state index in [0.717, 1.165) is 33.0 Å². The lowest BCUT2D eigenvalue weighted by molar-refractivity contribution is -0.113. The highest BCUT2D eigenvalue weighted by atomic mass is 32.1. The van der Waals surface area contributed by atoms with Crippen LogP contribution in [0, 0.1) is 20.8 Å². The van der Waals surface area contributed by atoms with Crippen LogP contribution in [-0.2, 0) is 4.79 Å². The Hall–Kier alpha value is -3.00. The van der Waals surface area contributed by atoms with E-state index in [0.29, 0.717) is 11.5 Å². The number of aryl methyl sites for hydroxylation is 2. The summed E-state index contributed by atoms with van der Waals surface area (Å²) >= 11 is 1.60. The molecule has 1 atom stereocenters. The highest BCUT2D eigenvalue weighted by Crippen LogP contribution is 2.38. The minimum absolute atomic E-state index is 0.160. The molecule has 0 bridgehead atoms. The molecule has 1 aromatic carbocycles. The summed E-state index contributed by atoms with van der Waals surface area (Å²) in [7, 11) is 0. The maximum absolute atomic E-state index is 13.3. The van der Waals surface area contributed by atoms with Crippen LogP contribution < -0.4 is 10.6 Å². The standard InChI is InChI=1S/C19H20N6OS/c1-10-6-5-7-14(12(10)3)21-18(26)15-13(4)20-19-22-23-24-25(19)16(15)17-11(2)8-9-27-17/h5-9,16H,1-4H3,(H,21,26)(H,20,22,24). The van der Waals surface area contributed by atoms with E-state index in [-0.39, 0.29) is 11.9 Å². The van der Waals surface area contributed by atoms with Gasteiger partial charge in [-0.15, -0.1) is 11.3 Å². The van der Waals surface area contributed by atoms with Crippen molar-refractivity contribution in [1.82, 2.24) is 20.2 Å². The summed E-state index contributed by atoms with van der Waals surface area (Å²) in [6.45, 7) is 7.95. The summed E-state index contributed by atoms with van der Waals surface area (Å²) in [6.07, 6.45) is 0. The molecule has 2 aromatic heterocycles. The van der Waals surface area contributed by atoms with E-state index < -0.39 is 0 Å². The van der Waals surface area contributed by atoms with Gasteiger partial charge >= 0.3 is 0 Å². The maximum atomic E-state index is 13.3. The van der Waals surface area contributed by atoms with Crippen LogP contribution in [0.4, 0.5) is 11.6 Å². The number of hydrogen-bond acceptors (Lipinski definition) is 6. The predicted octanol–water partition coefficient (Wildman–Crippen LogP) is 3.59. The summed E-state index contributed by atoms with van der Waals surface area (Å²) < 4.78 is 1.67. The Bertz CT molecular complexity index is 1060. The molecule has 0 radical (unpaired) electrons. The van der Waals surface area contributed by atoms with Gasteiger partial charge in [-0.2, -0.15) is 4.68 Å². The first-order valence-electron chi connectivity index (χ1n) is 8.64. The SMILES string of the molecule is CC1=C(C(=O)Nc2cccc(C)c2C)C(c2sccc2C)n2nnnc2N1. The van der Waals surface area contributed by atoms with Crippen LogP contribution in [0.1, 0.15) is 34.5 Å². The van der Waals surface area contributed by atoms with Gasteiger partial charge in [0.05, 0.1) is 5.57 Å². The van der Waals surface area contributed by atoms with E-state index in [9.17, 15) is 4.79 Å². The van der Waals surface area contributed by atoms with Gasteiger partial charge in [0.25, 0.3) is 5.91 Å². The largest absolute Gasteiger partial charge is 0.326 e. The first-order chi connectivity index (χ1) is 13.0. The number of nitrogens with zero attached hydrogens (tertiary/aromatic N) is 4. The van der Waals surface area contributed by atoms with Crippen LogP contribution >= 0.6 is 11.3 Å². The summed E-state index contributed by atoms with van der Waals surface area (Å²) in [5.41, 5.74) is 5.47. The van der Waals surface area contributed by atoms with Crippen molar-refractivity contribution in [2.45, 2.75) is 33.7 Å². The smallest absolute Gasteiger partial charge is 0.255 e. The maximum Gasteiger partial charge on any atom is 0.255 e. The quantitative estimate of drug-likeness (QED) is 0.725. The summed E-state index contributed by atoms with van der Waals surface area (Å²) in [5.74, 6) is 0.376. The minimum Gasteiger partial charge on any atom is -0.326 e. The van der Waals surface area contributed by atoms with Crippen molar-refractivity contribution in [3.8, 4) is 0 Å². The lowest BCUT2D eigenvalue weighted by Gasteiger charge is -2.27. The molecule has 0 saturated heterocycles. The first-order valence-corrected chi connectivity index (χ1v) is 9.52. The number of benzene rings is 1. The van der Waals surface area contributed by atoms with Gasteiger partial charge in [0.15, 0.2) is 0 Å². The monoisotopic (exact) mass is 380 g/mol. The Balaban J connectivity index is 1.78. The van der Waals surface area contributed by atoms with Crippen molar-refractivity contribution < 1.29 is 4.79 Å². The van der Waals surface area contributed by atoms with E-state index in [2.05, 4.69) is 26.2 Å². The number of carbonyl (C=O) groups is 1. The van der Waals surface area contributed by atoms with Crippen molar-refractivity contribution in [3.63, 3.8) is 0 Å². The van der Waals surface area contributed by atoms with Gasteiger partial charge in [-0.1, -0.05) is 17.2 Å². The van der Waals surface area contributed by atoms with E-state index in [1.54, 1.807) is 16.0 Å². The molecule has 2 N–H and O–H groups in total. The van der Waals surface area contributed by atoms with Gasteiger partial charge < -0.3 is 10.6 Å². The zero-order valence-electron chi connectivity index (χ0n) is 15.6. The molecule has 1 amide bonds. The average Bonchev–Trinajstić information content (AvgIpc) is 3.26. The molecule has 3 aromatic rings. The number of anilines is 2. The number of allylic oxidation sites excluding steroid dienone is 1. The van der Waals surface area contributed by atoms with E-state index >= 15 is 0 Å². The second-order valence-corrected chi connectivity index (χ2v) is 7.63. The van der Waals surface area contributed by atoms with E-state index in [4.69, 9.17) is 0 Å². The van der Waals surface area contributed by atoms with Crippen LogP contribution in [0.5, 0.6) is 0 Å². The van der Waals surface area contributed by atoms with E-state index in [1.807, 2.05) is 57.3 Å². The van der Waals surface area contributed by atoms with Crippen LogP contribution in [-0.4, -0.2) is 26.1 Å². The van der Waals surface area contributed by atoms with Crippen LogP contribution in [0.15, 0.2) is 40.9 Å². The predicted molar refractivity (Wildman–Crippen MR) is 106 cm³/mol. The molecule has 1 unspecified atom stereocenters. The van der Waals surface area contributed by atoms with E-state index in [1.165, 1.54) is 0 Å². The second kappa shape index (κ2) is 6.62. The third-order valence-electron chi connectivity index (χ3n) is 4.96. The third kappa shape index (κ3) is 2.91. The topological polar surface area (TPSA) is 84.7 Å². The molecule has 8 heteroatoms. The molecule has 0 aliphatic carbocycles. The normalized spacial score (nSPS) is 16.1. The Labute approximate surface area is 161 Å². The van der Waals surface area contributed by atoms with Crippen molar-refractivity contribution >= 4 is 28.9 Å². The molecule has 0 fully saturated rings. The van der Waals surface area contributed by atoms with Crippen LogP contribution in [0.3, 0.4) is 0 Å². The fourth-order valence-electron chi connectivity index (χ4n) is 3.29. The van der Waals surface area contributed by atoms with Gasteiger partial charge in [-0.3, -0.25) is 4.79 Å². The molecule has 7 nitrogen and oxygen atoms in total. The molecule has 0 saturated carbocycles. The third-order valence-corrected chi connectivity index (χ3v) is 6.03. The number of aromatic nitrogens is 4. The highest BCUT2D eigenvalue weighted by molar-refractivity contribution is 7.10. The van der Waals surface area contributed by atoms with Crippen LogP contribution in [0.25, 0.3) is 0 Å². The zero-order valence-corrected chi connectivity index (χ0v) is 16.4. The summed E-state index contributed by atoms with van der Waals surface area (Å²) in [6, 6.07) is 7.57. The highest BCUT2D eigenvalue weighted by Gasteiger charge is 2.35. The van der Waals surface area contributed by atoms with Gasteiger partial charge in [-0.25, -0.2) is 0 Å². The van der Waals surface area contributed by atoms with Gasteiger partial charge in [0, 0.05) is 16.3 Å². The van der Waals surface area contributed by atoms with Crippen molar-refractivity contribution in [1.29, 1.82) is 0 Å². The first kappa shape index (κ1) is 17.4. The zero-order chi connectivity index (χ0) is 19.1. The van der Waals surface area contributed by atoms with Gasteiger partial charge in [0.1, 0.15) is 6.04 Å². The van der Waals surface area contributed by atoms with Gasteiger partial charge in [-0.05, 0) is 72.3 Å². The Kier molecular flexibility index (Phi) is 4.27. The van der Waals surface area contributed by atoms with Crippen molar-refractivity contribution in [2.75, 3.05) is 10.6 Å². The molecular weight excluding hydrogens is 360 g/mol. The minimum atomic E-state index is -0.360. The second-order valence-electron chi connectivity index (χ2n) is 6.68. The molecular formula is C19H20N6OS. The molecule has 0 spiro atoms. The Morgan fingerprint density at radius 1 is 1.19 bits per heavy atom. The average molecular weight is 380 g/mol. The number of thiophene rings is 1. The molecule has 3 heterocycles. The molecule has 1 aliphatic heterocycles. The van der Waals surface area contributed by atoms with Gasteiger partial charge in [0.2, 0.25) is 5.95 Å².